The predicted octanol–water partition coefficient (Wildman–Crippen LogP) is 4.89. The van der Waals surface area contributed by atoms with Gasteiger partial charge in [-0.15, -0.1) is 5.10 Å². The van der Waals surface area contributed by atoms with Gasteiger partial charge >= 0.3 is 6.01 Å². The lowest BCUT2D eigenvalue weighted by molar-refractivity contribution is -0.384. The van der Waals surface area contributed by atoms with E-state index < -0.39 is 10.8 Å². The lowest BCUT2D eigenvalue weighted by Gasteiger charge is -2.10. The Hall–Kier alpha value is -4.73. The molecule has 0 aliphatic rings. The third kappa shape index (κ3) is 5.44. The first-order valence-electron chi connectivity index (χ1n) is 10.9. The topological polar surface area (TPSA) is 121 Å². The number of methoxy groups -OCH3 is 1. The molecule has 0 saturated carbocycles. The Morgan fingerprint density at radius 3 is 2.57 bits per heavy atom. The largest absolute Gasteiger partial charge is 0.497 e. The minimum atomic E-state index is -0.541. The van der Waals surface area contributed by atoms with Gasteiger partial charge in [0.15, 0.2) is 5.82 Å². The smallest absolute Gasteiger partial charge is 0.336 e. The minimum Gasteiger partial charge on any atom is -0.497 e. The lowest BCUT2D eigenvalue weighted by Crippen LogP contribution is -2.12. The maximum Gasteiger partial charge on any atom is 0.336 e. The molecule has 10 heteroatoms. The van der Waals surface area contributed by atoms with Crippen molar-refractivity contribution in [2.75, 3.05) is 19.0 Å². The van der Waals surface area contributed by atoms with Crippen molar-refractivity contribution in [2.24, 2.45) is 0 Å². The first-order chi connectivity index (χ1) is 17.0. The Morgan fingerprint density at radius 2 is 1.86 bits per heavy atom. The molecule has 1 N–H and O–H groups in total. The van der Waals surface area contributed by atoms with Crippen molar-refractivity contribution in [1.29, 1.82) is 0 Å². The van der Waals surface area contributed by atoms with E-state index in [1.807, 2.05) is 37.3 Å². The van der Waals surface area contributed by atoms with E-state index in [9.17, 15) is 14.9 Å². The number of aromatic nitrogens is 3. The van der Waals surface area contributed by atoms with E-state index in [1.54, 1.807) is 30.0 Å². The van der Waals surface area contributed by atoms with Gasteiger partial charge in [-0.25, -0.2) is 4.68 Å². The third-order valence-corrected chi connectivity index (χ3v) is 5.04. The van der Waals surface area contributed by atoms with Crippen LogP contribution in [0.25, 0.3) is 17.1 Å². The average molecular weight is 473 g/mol. The molecule has 4 aromatic rings. The van der Waals surface area contributed by atoms with Crippen molar-refractivity contribution < 1.29 is 19.2 Å². The Kier molecular flexibility index (Phi) is 7.01. The number of rotatable bonds is 9. The molecule has 4 rings (SSSR count). The van der Waals surface area contributed by atoms with E-state index in [-0.39, 0.29) is 17.3 Å². The highest BCUT2D eigenvalue weighted by Crippen LogP contribution is 2.27. The average Bonchev–Trinajstić information content (AvgIpc) is 3.32. The molecule has 0 atom stereocenters. The number of hydrogen-bond donors (Lipinski definition) is 1. The molecule has 0 aliphatic heterocycles. The van der Waals surface area contributed by atoms with Crippen LogP contribution in [0.2, 0.25) is 0 Å². The van der Waals surface area contributed by atoms with Crippen LogP contribution in [-0.2, 0) is 0 Å². The molecule has 0 bridgehead atoms. The van der Waals surface area contributed by atoms with E-state index in [1.165, 1.54) is 24.3 Å². The summed E-state index contributed by atoms with van der Waals surface area (Å²) in [6.45, 7) is 2.47. The number of hydrogen-bond acceptors (Lipinski definition) is 7. The zero-order chi connectivity index (χ0) is 24.8. The van der Waals surface area contributed by atoms with Gasteiger partial charge in [0.2, 0.25) is 0 Å². The van der Waals surface area contributed by atoms with Gasteiger partial charge in [-0.3, -0.25) is 14.9 Å². The standard InChI is InChI=1S/C25H23N5O5/c1-3-14-35-25-27-23(17-10-12-22(34-2)13-11-17)29(28-25)20-8-5-7-19(16-20)26-24(31)18-6-4-9-21(15-18)30(32)33/h4-13,15-16H,3,14H2,1-2H3,(H,26,31). The molecule has 1 heterocycles. The molecule has 0 fully saturated rings. The van der Waals surface area contributed by atoms with E-state index in [0.29, 0.717) is 29.6 Å². The van der Waals surface area contributed by atoms with Crippen molar-refractivity contribution in [3.63, 3.8) is 0 Å². The van der Waals surface area contributed by atoms with Gasteiger partial charge in [0.05, 0.1) is 24.3 Å². The molecule has 10 nitrogen and oxygen atoms in total. The third-order valence-electron chi connectivity index (χ3n) is 5.04. The molecular formula is C25H23N5O5. The summed E-state index contributed by atoms with van der Waals surface area (Å²) < 4.78 is 12.5. The van der Waals surface area contributed by atoms with Gasteiger partial charge in [0.25, 0.3) is 11.6 Å². The number of nitrogens with one attached hydrogen (secondary N) is 1. The van der Waals surface area contributed by atoms with E-state index >= 15 is 0 Å². The molecule has 0 unspecified atom stereocenters. The van der Waals surface area contributed by atoms with Crippen LogP contribution in [0, 0.1) is 10.1 Å². The fraction of sp³-hybridized carbons (Fsp3) is 0.160. The number of carbonyl (C=O) groups excluding carboxylic acids is 1. The van der Waals surface area contributed by atoms with Gasteiger partial charge < -0.3 is 14.8 Å². The summed E-state index contributed by atoms with van der Waals surface area (Å²) in [4.78, 5) is 27.7. The number of nitro groups is 1. The van der Waals surface area contributed by atoms with Crippen molar-refractivity contribution in [2.45, 2.75) is 13.3 Å². The summed E-state index contributed by atoms with van der Waals surface area (Å²) in [6.07, 6.45) is 0.811. The predicted molar refractivity (Wildman–Crippen MR) is 130 cm³/mol. The molecule has 1 aromatic heterocycles. The lowest BCUT2D eigenvalue weighted by atomic mass is 10.1. The normalized spacial score (nSPS) is 10.6. The molecule has 1 amide bonds. The number of amides is 1. The van der Waals surface area contributed by atoms with Crippen LogP contribution >= 0.6 is 0 Å². The van der Waals surface area contributed by atoms with Gasteiger partial charge in [-0.2, -0.15) is 4.98 Å². The Morgan fingerprint density at radius 1 is 1.09 bits per heavy atom. The maximum absolute atomic E-state index is 12.7. The molecule has 178 valence electrons. The number of nitrogens with zero attached hydrogens (tertiary/aromatic N) is 4. The molecule has 0 saturated heterocycles. The van der Waals surface area contributed by atoms with E-state index in [0.717, 1.165) is 12.0 Å². The summed E-state index contributed by atoms with van der Waals surface area (Å²) in [5.74, 6) is 0.806. The highest BCUT2D eigenvalue weighted by Gasteiger charge is 2.16. The zero-order valence-corrected chi connectivity index (χ0v) is 19.2. The van der Waals surface area contributed by atoms with Crippen LogP contribution in [0.5, 0.6) is 11.8 Å². The van der Waals surface area contributed by atoms with Gasteiger partial charge in [0.1, 0.15) is 5.75 Å². The fourth-order valence-electron chi connectivity index (χ4n) is 3.33. The first-order valence-corrected chi connectivity index (χ1v) is 10.9. The monoisotopic (exact) mass is 473 g/mol. The second kappa shape index (κ2) is 10.5. The number of benzene rings is 3. The van der Waals surface area contributed by atoms with Crippen LogP contribution in [0.4, 0.5) is 11.4 Å². The van der Waals surface area contributed by atoms with Gasteiger partial charge in [0, 0.05) is 28.9 Å². The fourth-order valence-corrected chi connectivity index (χ4v) is 3.33. The Labute approximate surface area is 201 Å². The van der Waals surface area contributed by atoms with Crippen molar-refractivity contribution in [1.82, 2.24) is 14.8 Å². The number of ether oxygens (including phenoxy) is 2. The number of nitro benzene ring substituents is 1. The molecule has 3 aromatic carbocycles. The summed E-state index contributed by atoms with van der Waals surface area (Å²) in [5.41, 5.74) is 1.96. The van der Waals surface area contributed by atoms with Crippen LogP contribution in [0.15, 0.2) is 72.8 Å². The van der Waals surface area contributed by atoms with Crippen molar-refractivity contribution in [3.8, 4) is 28.8 Å². The van der Waals surface area contributed by atoms with Gasteiger partial charge in [-0.1, -0.05) is 19.1 Å². The summed E-state index contributed by atoms with van der Waals surface area (Å²) in [5, 5.41) is 18.3. The SMILES string of the molecule is CCCOc1nc(-c2ccc(OC)cc2)n(-c2cccc(NC(=O)c3cccc([N+](=O)[O-])c3)c2)n1. The zero-order valence-electron chi connectivity index (χ0n) is 19.2. The maximum atomic E-state index is 12.7. The number of carbonyl (C=O) groups is 1. The van der Waals surface area contributed by atoms with Crippen molar-refractivity contribution in [3.05, 3.63) is 88.5 Å². The van der Waals surface area contributed by atoms with Crippen LogP contribution in [0.3, 0.4) is 0 Å². The van der Waals surface area contributed by atoms with Crippen LogP contribution < -0.4 is 14.8 Å². The second-order valence-corrected chi connectivity index (χ2v) is 7.52. The van der Waals surface area contributed by atoms with E-state index in [2.05, 4.69) is 15.4 Å². The molecule has 0 aliphatic carbocycles. The number of non-ortho nitro benzene ring substituents is 1. The van der Waals surface area contributed by atoms with Crippen LogP contribution in [-0.4, -0.2) is 39.3 Å². The first kappa shape index (κ1) is 23.4. The second-order valence-electron chi connectivity index (χ2n) is 7.52. The quantitative estimate of drug-likeness (QED) is 0.271. The highest BCUT2D eigenvalue weighted by molar-refractivity contribution is 6.04. The summed E-state index contributed by atoms with van der Waals surface area (Å²) >= 11 is 0. The molecule has 0 radical (unpaired) electrons. The van der Waals surface area contributed by atoms with Crippen LogP contribution in [0.1, 0.15) is 23.7 Å². The molecule has 0 spiro atoms. The van der Waals surface area contributed by atoms with Gasteiger partial charge in [-0.05, 0) is 55.0 Å². The minimum absolute atomic E-state index is 0.155. The molecule has 35 heavy (non-hydrogen) atoms. The summed E-state index contributed by atoms with van der Waals surface area (Å²) in [7, 11) is 1.60. The molecular weight excluding hydrogens is 450 g/mol. The Bertz CT molecular complexity index is 1350. The highest BCUT2D eigenvalue weighted by atomic mass is 16.6. The van der Waals surface area contributed by atoms with E-state index in [4.69, 9.17) is 9.47 Å². The Balaban J connectivity index is 1.66. The van der Waals surface area contributed by atoms with Crippen molar-refractivity contribution >= 4 is 17.3 Å². The number of anilines is 1. The summed E-state index contributed by atoms with van der Waals surface area (Å²) in [6, 6.07) is 20.2.